The smallest absolute Gasteiger partial charge is 0.450 e. The molecule has 0 aliphatic heterocycles. The van der Waals surface area contributed by atoms with Gasteiger partial charge in [0, 0.05) is 5.56 Å². The first-order valence-electron chi connectivity index (χ1n) is 7.80. The molecular formula is C21H18O3. The van der Waals surface area contributed by atoms with E-state index in [1.165, 1.54) is 0 Å². The highest BCUT2D eigenvalue weighted by Crippen LogP contribution is 2.37. The molecule has 0 saturated carbocycles. The van der Waals surface area contributed by atoms with Crippen molar-refractivity contribution in [2.75, 3.05) is 0 Å². The van der Waals surface area contributed by atoms with Gasteiger partial charge in [-0.15, -0.1) is 0 Å². The largest absolute Gasteiger partial charge is 0.506 e. The molecule has 0 radical (unpaired) electrons. The van der Waals surface area contributed by atoms with Crippen molar-refractivity contribution in [3.8, 4) is 22.3 Å². The Morgan fingerprint density at radius 1 is 0.792 bits per heavy atom. The van der Waals surface area contributed by atoms with E-state index in [-0.39, 0.29) is 0 Å². The van der Waals surface area contributed by atoms with Gasteiger partial charge in [0.1, 0.15) is 6.10 Å². The Morgan fingerprint density at radius 3 is 1.67 bits per heavy atom. The van der Waals surface area contributed by atoms with Crippen LogP contribution in [0.25, 0.3) is 22.3 Å². The summed E-state index contributed by atoms with van der Waals surface area (Å²) >= 11 is 0. The lowest BCUT2D eigenvalue weighted by atomic mass is 9.89. The normalized spacial score (nSPS) is 11.7. The van der Waals surface area contributed by atoms with Gasteiger partial charge in [-0.2, -0.15) is 0 Å². The zero-order valence-corrected chi connectivity index (χ0v) is 13.3. The number of hydrogen-bond acceptors (Lipinski definition) is 2. The average Bonchev–Trinajstić information content (AvgIpc) is 2.62. The summed E-state index contributed by atoms with van der Waals surface area (Å²) in [5.41, 5.74) is 4.89. The Balaban J connectivity index is 2.21. The van der Waals surface area contributed by atoms with Crippen molar-refractivity contribution in [3.05, 3.63) is 84.4 Å². The fourth-order valence-electron chi connectivity index (χ4n) is 2.95. The summed E-state index contributed by atoms with van der Waals surface area (Å²) in [6.45, 7) is 1.77. The third-order valence-corrected chi connectivity index (χ3v) is 3.96. The summed E-state index contributed by atoms with van der Waals surface area (Å²) in [6, 6.07) is 25.8. The molecule has 0 heterocycles. The van der Waals surface area contributed by atoms with E-state index in [1.807, 2.05) is 78.9 Å². The lowest BCUT2D eigenvalue weighted by Gasteiger charge is -2.20. The summed E-state index contributed by atoms with van der Waals surface area (Å²) < 4.78 is 5.08. The fourth-order valence-corrected chi connectivity index (χ4v) is 2.95. The Labute approximate surface area is 141 Å². The van der Waals surface area contributed by atoms with Crippen LogP contribution in [-0.4, -0.2) is 11.3 Å². The van der Waals surface area contributed by atoms with E-state index in [9.17, 15) is 4.79 Å². The highest BCUT2D eigenvalue weighted by molar-refractivity contribution is 5.79. The molecule has 120 valence electrons. The van der Waals surface area contributed by atoms with E-state index >= 15 is 0 Å². The number of carbonyl (C=O) groups is 1. The van der Waals surface area contributed by atoms with Crippen LogP contribution in [0.3, 0.4) is 0 Å². The molecule has 1 atom stereocenters. The van der Waals surface area contributed by atoms with Crippen molar-refractivity contribution in [2.24, 2.45) is 0 Å². The first-order valence-corrected chi connectivity index (χ1v) is 7.80. The standard InChI is InChI=1S/C21H18O3/c1-15(24-21(22)23)20-18(16-9-4-2-5-10-16)13-8-14-19(20)17-11-6-3-7-12-17/h2-15H,1H3,(H,22,23). The Bertz CT molecular complexity index is 768. The maximum atomic E-state index is 11.1. The summed E-state index contributed by atoms with van der Waals surface area (Å²) in [5, 5.41) is 9.05. The maximum Gasteiger partial charge on any atom is 0.506 e. The van der Waals surface area contributed by atoms with Crippen LogP contribution < -0.4 is 0 Å². The molecule has 3 nitrogen and oxygen atoms in total. The Hall–Kier alpha value is -3.07. The first kappa shape index (κ1) is 15.8. The number of hydrogen-bond donors (Lipinski definition) is 1. The topological polar surface area (TPSA) is 46.5 Å². The van der Waals surface area contributed by atoms with Gasteiger partial charge in [0.25, 0.3) is 0 Å². The van der Waals surface area contributed by atoms with Crippen molar-refractivity contribution in [3.63, 3.8) is 0 Å². The van der Waals surface area contributed by atoms with Gasteiger partial charge in [-0.05, 0) is 29.2 Å². The molecule has 0 amide bonds. The lowest BCUT2D eigenvalue weighted by molar-refractivity contribution is 0.0591. The summed E-state index contributed by atoms with van der Waals surface area (Å²) in [6.07, 6.45) is -1.85. The first-order chi connectivity index (χ1) is 11.7. The third-order valence-electron chi connectivity index (χ3n) is 3.96. The van der Waals surface area contributed by atoms with Gasteiger partial charge in [0.05, 0.1) is 0 Å². The Kier molecular flexibility index (Phi) is 4.62. The number of ether oxygens (including phenoxy) is 1. The minimum Gasteiger partial charge on any atom is -0.450 e. The number of rotatable bonds is 4. The predicted octanol–water partition coefficient (Wildman–Crippen LogP) is 5.78. The predicted molar refractivity (Wildman–Crippen MR) is 94.8 cm³/mol. The minimum atomic E-state index is -1.27. The van der Waals surface area contributed by atoms with Crippen molar-refractivity contribution in [1.29, 1.82) is 0 Å². The van der Waals surface area contributed by atoms with Gasteiger partial charge in [-0.25, -0.2) is 4.79 Å². The molecule has 3 rings (SSSR count). The van der Waals surface area contributed by atoms with Gasteiger partial charge in [-0.3, -0.25) is 0 Å². The average molecular weight is 318 g/mol. The molecule has 0 fully saturated rings. The minimum absolute atomic E-state index is 0.575. The van der Waals surface area contributed by atoms with E-state index < -0.39 is 12.3 Å². The Morgan fingerprint density at radius 2 is 1.25 bits per heavy atom. The van der Waals surface area contributed by atoms with Gasteiger partial charge >= 0.3 is 6.16 Å². The molecule has 3 aromatic carbocycles. The van der Waals surface area contributed by atoms with E-state index in [1.54, 1.807) is 6.92 Å². The number of carboxylic acid groups (broad SMARTS) is 1. The second kappa shape index (κ2) is 7.01. The SMILES string of the molecule is CC(OC(=O)O)c1c(-c2ccccc2)cccc1-c1ccccc1. The second-order valence-electron chi connectivity index (χ2n) is 5.52. The van der Waals surface area contributed by atoms with Gasteiger partial charge in [0.15, 0.2) is 0 Å². The zero-order chi connectivity index (χ0) is 16.9. The van der Waals surface area contributed by atoms with Gasteiger partial charge in [-0.1, -0.05) is 78.9 Å². The molecule has 0 bridgehead atoms. The van der Waals surface area contributed by atoms with Crippen LogP contribution in [0.2, 0.25) is 0 Å². The van der Waals surface area contributed by atoms with Crippen molar-refractivity contribution in [2.45, 2.75) is 13.0 Å². The fraction of sp³-hybridized carbons (Fsp3) is 0.0952. The molecule has 0 aliphatic carbocycles. The lowest BCUT2D eigenvalue weighted by Crippen LogP contribution is -2.08. The van der Waals surface area contributed by atoms with Crippen molar-refractivity contribution >= 4 is 6.16 Å². The van der Waals surface area contributed by atoms with Gasteiger partial charge in [0.2, 0.25) is 0 Å². The van der Waals surface area contributed by atoms with Crippen LogP contribution >= 0.6 is 0 Å². The van der Waals surface area contributed by atoms with Crippen LogP contribution in [0.5, 0.6) is 0 Å². The van der Waals surface area contributed by atoms with Gasteiger partial charge < -0.3 is 9.84 Å². The monoisotopic (exact) mass is 318 g/mol. The van der Waals surface area contributed by atoms with E-state index in [0.717, 1.165) is 27.8 Å². The highest BCUT2D eigenvalue weighted by Gasteiger charge is 2.20. The third kappa shape index (κ3) is 3.30. The van der Waals surface area contributed by atoms with Crippen molar-refractivity contribution < 1.29 is 14.6 Å². The molecule has 0 aromatic heterocycles. The van der Waals surface area contributed by atoms with Crippen LogP contribution in [0.1, 0.15) is 18.6 Å². The van der Waals surface area contributed by atoms with Crippen molar-refractivity contribution in [1.82, 2.24) is 0 Å². The van der Waals surface area contributed by atoms with Crippen LogP contribution in [0.4, 0.5) is 4.79 Å². The molecule has 3 heteroatoms. The van der Waals surface area contributed by atoms with Crippen LogP contribution in [0, 0.1) is 0 Å². The molecule has 0 aliphatic rings. The van der Waals surface area contributed by atoms with E-state index in [2.05, 4.69) is 0 Å². The van der Waals surface area contributed by atoms with Crippen LogP contribution in [0.15, 0.2) is 78.9 Å². The molecule has 0 saturated heterocycles. The highest BCUT2D eigenvalue weighted by atomic mass is 16.7. The maximum absolute atomic E-state index is 11.1. The molecule has 0 spiro atoms. The number of benzene rings is 3. The second-order valence-corrected chi connectivity index (χ2v) is 5.52. The zero-order valence-electron chi connectivity index (χ0n) is 13.3. The molecule has 1 N–H and O–H groups in total. The summed E-state index contributed by atoms with van der Waals surface area (Å²) in [7, 11) is 0. The van der Waals surface area contributed by atoms with E-state index in [0.29, 0.717) is 0 Å². The van der Waals surface area contributed by atoms with Crippen LogP contribution in [-0.2, 0) is 4.74 Å². The molecular weight excluding hydrogens is 300 g/mol. The van der Waals surface area contributed by atoms with E-state index in [4.69, 9.17) is 9.84 Å². The summed E-state index contributed by atoms with van der Waals surface area (Å²) in [4.78, 5) is 11.1. The molecule has 24 heavy (non-hydrogen) atoms. The quantitative estimate of drug-likeness (QED) is 0.621. The summed E-state index contributed by atoms with van der Waals surface area (Å²) in [5.74, 6) is 0. The molecule has 3 aromatic rings. The molecule has 1 unspecified atom stereocenters.